The minimum atomic E-state index is 0.448. The van der Waals surface area contributed by atoms with Gasteiger partial charge in [-0.05, 0) is 51.6 Å². The summed E-state index contributed by atoms with van der Waals surface area (Å²) >= 11 is 0. The molecule has 0 fully saturated rings. The van der Waals surface area contributed by atoms with Gasteiger partial charge in [-0.25, -0.2) is 0 Å². The van der Waals surface area contributed by atoms with Crippen molar-refractivity contribution in [3.63, 3.8) is 0 Å². The zero-order valence-electron chi connectivity index (χ0n) is 16.0. The number of hydrogen-bond acceptors (Lipinski definition) is 0. The standard InChI is InChI=1S/C28H24/c1-3-11-21-19(8-1)10-7-15-23(21)28-18-27-22-12-4-2-9-20(22)16-17-26(27)24-13-5-6-14-25(24)28/h1-4,7-22H,5-6H2. The van der Waals surface area contributed by atoms with E-state index in [9.17, 15) is 0 Å². The molecule has 0 N–H and O–H groups in total. The first-order chi connectivity index (χ1) is 13.9. The lowest BCUT2D eigenvalue weighted by molar-refractivity contribution is 0.673. The molecule has 6 rings (SSSR count). The summed E-state index contributed by atoms with van der Waals surface area (Å²) in [6.45, 7) is 0. The Hall–Kier alpha value is -2.86. The van der Waals surface area contributed by atoms with Crippen LogP contribution in [0.1, 0.15) is 35.4 Å². The second-order valence-corrected chi connectivity index (χ2v) is 8.35. The van der Waals surface area contributed by atoms with Gasteiger partial charge in [-0.2, -0.15) is 0 Å². The normalized spacial score (nSPS) is 30.5. The Kier molecular flexibility index (Phi) is 3.65. The molecule has 0 saturated carbocycles. The van der Waals surface area contributed by atoms with Crippen LogP contribution in [-0.4, -0.2) is 0 Å². The van der Waals surface area contributed by atoms with E-state index >= 15 is 0 Å². The van der Waals surface area contributed by atoms with E-state index in [1.807, 2.05) is 0 Å². The van der Waals surface area contributed by atoms with Crippen LogP contribution in [0.3, 0.4) is 0 Å². The molecule has 0 spiro atoms. The van der Waals surface area contributed by atoms with Crippen LogP contribution in [0.4, 0.5) is 0 Å². The van der Waals surface area contributed by atoms with Gasteiger partial charge in [0, 0.05) is 23.7 Å². The smallest absolute Gasteiger partial charge is 0.0125 e. The van der Waals surface area contributed by atoms with Gasteiger partial charge in [0.2, 0.25) is 0 Å². The Balaban J connectivity index is 1.61. The van der Waals surface area contributed by atoms with Crippen molar-refractivity contribution in [2.45, 2.75) is 18.8 Å². The minimum absolute atomic E-state index is 0.448. The second-order valence-electron chi connectivity index (χ2n) is 8.35. The Morgan fingerprint density at radius 1 is 0.643 bits per heavy atom. The molecule has 1 aromatic rings. The number of fused-ring (bicyclic) bond motifs is 6. The number of benzene rings is 1. The van der Waals surface area contributed by atoms with Crippen molar-refractivity contribution >= 4 is 23.8 Å². The summed E-state index contributed by atoms with van der Waals surface area (Å²) < 4.78 is 0. The SMILES string of the molecule is C1=CC2C=CC=C(c3cc4c(c5c3=CCCC=5)C=CC3C=CC=CC43)C2C=C1. The molecule has 0 saturated heterocycles. The van der Waals surface area contributed by atoms with Crippen LogP contribution in [0, 0.1) is 17.8 Å². The van der Waals surface area contributed by atoms with E-state index in [0.717, 1.165) is 12.8 Å². The molecule has 0 radical (unpaired) electrons. The maximum absolute atomic E-state index is 2.52. The van der Waals surface area contributed by atoms with Gasteiger partial charge in [-0.15, -0.1) is 0 Å². The molecule has 0 amide bonds. The first-order valence-electron chi connectivity index (χ1n) is 10.5. The molecule has 5 aliphatic rings. The zero-order chi connectivity index (χ0) is 18.5. The molecule has 0 heterocycles. The number of hydrogen-bond donors (Lipinski definition) is 0. The third-order valence-corrected chi connectivity index (χ3v) is 6.82. The highest BCUT2D eigenvalue weighted by Crippen LogP contribution is 2.40. The maximum Gasteiger partial charge on any atom is 0.0125 e. The van der Waals surface area contributed by atoms with Crippen molar-refractivity contribution in [2.75, 3.05) is 0 Å². The average molecular weight is 360 g/mol. The fourth-order valence-corrected chi connectivity index (χ4v) is 5.47. The molecule has 4 atom stereocenters. The molecule has 0 nitrogen and oxygen atoms in total. The van der Waals surface area contributed by atoms with Crippen LogP contribution >= 0.6 is 0 Å². The number of rotatable bonds is 1. The van der Waals surface area contributed by atoms with Gasteiger partial charge in [-0.1, -0.05) is 91.1 Å². The van der Waals surface area contributed by atoms with Gasteiger partial charge in [0.1, 0.15) is 0 Å². The zero-order valence-corrected chi connectivity index (χ0v) is 16.0. The van der Waals surface area contributed by atoms with E-state index in [1.165, 1.54) is 32.7 Å². The van der Waals surface area contributed by atoms with Crippen LogP contribution < -0.4 is 10.4 Å². The van der Waals surface area contributed by atoms with Crippen molar-refractivity contribution in [1.82, 2.24) is 0 Å². The van der Waals surface area contributed by atoms with Gasteiger partial charge in [0.25, 0.3) is 0 Å². The molecule has 0 bridgehead atoms. The first kappa shape index (κ1) is 16.1. The Bertz CT molecular complexity index is 1170. The van der Waals surface area contributed by atoms with E-state index in [2.05, 4.69) is 97.2 Å². The Labute approximate surface area is 166 Å². The van der Waals surface area contributed by atoms with Crippen LogP contribution in [0.2, 0.25) is 0 Å². The van der Waals surface area contributed by atoms with Crippen LogP contribution in [0.5, 0.6) is 0 Å². The summed E-state index contributed by atoms with van der Waals surface area (Å²) in [6, 6.07) is 2.52. The monoisotopic (exact) mass is 360 g/mol. The predicted octanol–water partition coefficient (Wildman–Crippen LogP) is 5.21. The summed E-state index contributed by atoms with van der Waals surface area (Å²) in [4.78, 5) is 0. The topological polar surface area (TPSA) is 0 Å². The molecule has 0 aliphatic heterocycles. The third-order valence-electron chi connectivity index (χ3n) is 6.82. The highest BCUT2D eigenvalue weighted by Gasteiger charge is 2.29. The summed E-state index contributed by atoms with van der Waals surface area (Å²) in [5, 5.41) is 2.91. The summed E-state index contributed by atoms with van der Waals surface area (Å²) in [5.74, 6) is 1.88. The highest BCUT2D eigenvalue weighted by atomic mass is 14.3. The van der Waals surface area contributed by atoms with E-state index in [4.69, 9.17) is 0 Å². The average Bonchev–Trinajstić information content (AvgIpc) is 2.78. The van der Waals surface area contributed by atoms with Crippen LogP contribution in [0.25, 0.3) is 23.8 Å². The first-order valence-corrected chi connectivity index (χ1v) is 10.5. The van der Waals surface area contributed by atoms with E-state index in [1.54, 1.807) is 0 Å². The van der Waals surface area contributed by atoms with E-state index < -0.39 is 0 Å². The van der Waals surface area contributed by atoms with E-state index in [0.29, 0.717) is 23.7 Å². The van der Waals surface area contributed by atoms with Crippen molar-refractivity contribution in [3.8, 4) is 0 Å². The molecule has 1 aromatic carbocycles. The van der Waals surface area contributed by atoms with Gasteiger partial charge in [-0.3, -0.25) is 0 Å². The molecule has 4 unspecified atom stereocenters. The molecule has 5 aliphatic carbocycles. The van der Waals surface area contributed by atoms with Crippen molar-refractivity contribution in [1.29, 1.82) is 0 Å². The molecular formula is C28H24. The summed E-state index contributed by atoms with van der Waals surface area (Å²) in [6.07, 6.45) is 37.2. The van der Waals surface area contributed by atoms with Crippen molar-refractivity contribution in [3.05, 3.63) is 106 Å². The predicted molar refractivity (Wildman–Crippen MR) is 120 cm³/mol. The fourth-order valence-electron chi connectivity index (χ4n) is 5.47. The number of allylic oxidation sites excluding steroid dienone is 13. The maximum atomic E-state index is 2.52. The molecule has 0 aromatic heterocycles. The third kappa shape index (κ3) is 2.37. The van der Waals surface area contributed by atoms with Gasteiger partial charge >= 0.3 is 0 Å². The Morgan fingerprint density at radius 2 is 1.32 bits per heavy atom. The molecule has 136 valence electrons. The van der Waals surface area contributed by atoms with E-state index in [-0.39, 0.29) is 0 Å². The molecular weight excluding hydrogens is 336 g/mol. The van der Waals surface area contributed by atoms with Gasteiger partial charge in [0.05, 0.1) is 0 Å². The lowest BCUT2D eigenvalue weighted by Crippen LogP contribution is -2.36. The highest BCUT2D eigenvalue weighted by molar-refractivity contribution is 5.77. The fraction of sp³-hybridized carbons (Fsp3) is 0.214. The minimum Gasteiger partial charge on any atom is -0.0767 e. The lowest BCUT2D eigenvalue weighted by atomic mass is 9.72. The second kappa shape index (κ2) is 6.34. The summed E-state index contributed by atoms with van der Waals surface area (Å²) in [7, 11) is 0. The van der Waals surface area contributed by atoms with Crippen molar-refractivity contribution < 1.29 is 0 Å². The molecule has 0 heteroatoms. The molecule has 28 heavy (non-hydrogen) atoms. The quantitative estimate of drug-likeness (QED) is 0.645. The van der Waals surface area contributed by atoms with Gasteiger partial charge in [0.15, 0.2) is 0 Å². The summed E-state index contributed by atoms with van der Waals surface area (Å²) in [5.41, 5.74) is 5.86. The van der Waals surface area contributed by atoms with Crippen molar-refractivity contribution in [2.24, 2.45) is 17.8 Å². The van der Waals surface area contributed by atoms with Crippen LogP contribution in [-0.2, 0) is 0 Å². The largest absolute Gasteiger partial charge is 0.0767 e. The van der Waals surface area contributed by atoms with Crippen LogP contribution in [0.15, 0.2) is 79.0 Å². The Morgan fingerprint density at radius 3 is 2.18 bits per heavy atom. The lowest BCUT2D eigenvalue weighted by Gasteiger charge is -2.32. The van der Waals surface area contributed by atoms with Gasteiger partial charge < -0.3 is 0 Å².